The highest BCUT2D eigenvalue weighted by molar-refractivity contribution is 5.86. The zero-order valence-corrected chi connectivity index (χ0v) is 12.2. The number of nitrogens with two attached hydrogens (primary N) is 1. The van der Waals surface area contributed by atoms with Crippen LogP contribution >= 0.6 is 0 Å². The summed E-state index contributed by atoms with van der Waals surface area (Å²) < 4.78 is 0. The van der Waals surface area contributed by atoms with Crippen LogP contribution in [-0.2, 0) is 5.41 Å². The normalized spacial score (nSPS) is 14.8. The van der Waals surface area contributed by atoms with Gasteiger partial charge in [0.2, 0.25) is 0 Å². The van der Waals surface area contributed by atoms with Crippen molar-refractivity contribution in [3.05, 3.63) is 48.0 Å². The maximum absolute atomic E-state index is 6.10. The van der Waals surface area contributed by atoms with Crippen molar-refractivity contribution in [1.29, 1.82) is 0 Å². The van der Waals surface area contributed by atoms with Crippen molar-refractivity contribution in [2.24, 2.45) is 5.73 Å². The molecule has 0 radical (unpaired) electrons. The van der Waals surface area contributed by atoms with E-state index in [0.717, 1.165) is 13.0 Å². The van der Waals surface area contributed by atoms with Gasteiger partial charge in [0.15, 0.2) is 0 Å². The second kappa shape index (κ2) is 5.72. The molecule has 0 bridgehead atoms. The summed E-state index contributed by atoms with van der Waals surface area (Å²) in [6.07, 6.45) is 1.07. The molecule has 0 saturated carbocycles. The quantitative estimate of drug-likeness (QED) is 0.891. The molecular weight excluding hydrogens is 232 g/mol. The first-order valence-corrected chi connectivity index (χ1v) is 6.90. The average molecular weight is 256 g/mol. The Balaban J connectivity index is 2.45. The van der Waals surface area contributed by atoms with Gasteiger partial charge in [-0.1, -0.05) is 49.4 Å². The van der Waals surface area contributed by atoms with Gasteiger partial charge in [-0.2, -0.15) is 0 Å². The topological polar surface area (TPSA) is 29.3 Å². The molecule has 0 unspecified atom stereocenters. The van der Waals surface area contributed by atoms with E-state index in [-0.39, 0.29) is 5.41 Å². The lowest BCUT2D eigenvalue weighted by Crippen LogP contribution is -2.35. The van der Waals surface area contributed by atoms with Crippen LogP contribution in [-0.4, -0.2) is 32.1 Å². The molecule has 1 atom stereocenters. The van der Waals surface area contributed by atoms with Gasteiger partial charge in [0.05, 0.1) is 0 Å². The van der Waals surface area contributed by atoms with Gasteiger partial charge in [-0.05, 0) is 43.4 Å². The monoisotopic (exact) mass is 256 g/mol. The number of rotatable bonds is 5. The van der Waals surface area contributed by atoms with E-state index in [4.69, 9.17) is 5.73 Å². The molecule has 0 saturated heterocycles. The molecule has 0 spiro atoms. The van der Waals surface area contributed by atoms with E-state index in [1.165, 1.54) is 16.3 Å². The number of benzene rings is 2. The van der Waals surface area contributed by atoms with E-state index in [1.807, 2.05) is 0 Å². The highest BCUT2D eigenvalue weighted by Crippen LogP contribution is 2.32. The fourth-order valence-electron chi connectivity index (χ4n) is 2.57. The van der Waals surface area contributed by atoms with Gasteiger partial charge in [-0.3, -0.25) is 0 Å². The largest absolute Gasteiger partial charge is 0.330 e. The van der Waals surface area contributed by atoms with E-state index in [9.17, 15) is 0 Å². The number of fused-ring (bicyclic) bond motifs is 1. The van der Waals surface area contributed by atoms with Gasteiger partial charge in [-0.25, -0.2) is 0 Å². The second-order valence-electron chi connectivity index (χ2n) is 5.84. The first kappa shape index (κ1) is 14.0. The predicted molar refractivity (Wildman–Crippen MR) is 83.5 cm³/mol. The number of hydrogen-bond donors (Lipinski definition) is 1. The minimum Gasteiger partial charge on any atom is -0.330 e. The maximum atomic E-state index is 6.10. The van der Waals surface area contributed by atoms with Crippen LogP contribution in [0.25, 0.3) is 10.8 Å². The van der Waals surface area contributed by atoms with Crippen LogP contribution in [0.1, 0.15) is 18.9 Å². The molecule has 19 heavy (non-hydrogen) atoms. The summed E-state index contributed by atoms with van der Waals surface area (Å²) >= 11 is 0. The molecule has 0 aliphatic carbocycles. The molecule has 2 aromatic rings. The molecule has 2 rings (SSSR count). The van der Waals surface area contributed by atoms with Crippen molar-refractivity contribution < 1.29 is 0 Å². The van der Waals surface area contributed by atoms with Gasteiger partial charge in [0.25, 0.3) is 0 Å². The standard InChI is InChI=1S/C17H24N2/c1-17(13-18,11-12-19(2)3)16-10-6-8-14-7-4-5-9-15(14)16/h4-10H,11-13,18H2,1-3H3/t17-/m0/s1. The van der Waals surface area contributed by atoms with Gasteiger partial charge in [0, 0.05) is 12.0 Å². The Kier molecular flexibility index (Phi) is 4.23. The van der Waals surface area contributed by atoms with Crippen molar-refractivity contribution in [1.82, 2.24) is 4.90 Å². The molecule has 2 N–H and O–H groups in total. The third-order valence-electron chi connectivity index (χ3n) is 4.00. The Morgan fingerprint density at radius 1 is 1.05 bits per heavy atom. The first-order chi connectivity index (χ1) is 9.07. The summed E-state index contributed by atoms with van der Waals surface area (Å²) in [4.78, 5) is 2.22. The molecule has 0 aromatic heterocycles. The highest BCUT2D eigenvalue weighted by atomic mass is 15.0. The Hall–Kier alpha value is -1.38. The van der Waals surface area contributed by atoms with E-state index in [2.05, 4.69) is 68.4 Å². The lowest BCUT2D eigenvalue weighted by atomic mass is 9.77. The Morgan fingerprint density at radius 3 is 2.42 bits per heavy atom. The van der Waals surface area contributed by atoms with E-state index in [0.29, 0.717) is 6.54 Å². The van der Waals surface area contributed by atoms with E-state index in [1.54, 1.807) is 0 Å². The van der Waals surface area contributed by atoms with Gasteiger partial charge in [-0.15, -0.1) is 0 Å². The van der Waals surface area contributed by atoms with Crippen LogP contribution in [0.4, 0.5) is 0 Å². The van der Waals surface area contributed by atoms with Crippen LogP contribution in [0, 0.1) is 0 Å². The van der Waals surface area contributed by atoms with Crippen LogP contribution in [0.5, 0.6) is 0 Å². The van der Waals surface area contributed by atoms with Gasteiger partial charge < -0.3 is 10.6 Å². The summed E-state index contributed by atoms with van der Waals surface area (Å²) in [5.41, 5.74) is 7.50. The summed E-state index contributed by atoms with van der Waals surface area (Å²) in [5.74, 6) is 0. The summed E-state index contributed by atoms with van der Waals surface area (Å²) in [5, 5.41) is 2.63. The fourth-order valence-corrected chi connectivity index (χ4v) is 2.57. The molecule has 0 heterocycles. The molecule has 0 aliphatic heterocycles. The van der Waals surface area contributed by atoms with Gasteiger partial charge >= 0.3 is 0 Å². The zero-order valence-electron chi connectivity index (χ0n) is 12.2. The molecule has 0 fully saturated rings. The smallest absolute Gasteiger partial charge is 0.00655 e. The van der Waals surface area contributed by atoms with Crippen molar-refractivity contribution in [2.45, 2.75) is 18.8 Å². The van der Waals surface area contributed by atoms with Crippen LogP contribution in [0.15, 0.2) is 42.5 Å². The van der Waals surface area contributed by atoms with E-state index >= 15 is 0 Å². The summed E-state index contributed by atoms with van der Waals surface area (Å²) in [6.45, 7) is 4.00. The highest BCUT2D eigenvalue weighted by Gasteiger charge is 2.26. The zero-order chi connectivity index (χ0) is 13.9. The lowest BCUT2D eigenvalue weighted by Gasteiger charge is -2.31. The minimum absolute atomic E-state index is 0.0329. The summed E-state index contributed by atoms with van der Waals surface area (Å²) in [6, 6.07) is 15.1. The van der Waals surface area contributed by atoms with Crippen molar-refractivity contribution in [2.75, 3.05) is 27.2 Å². The molecule has 0 aliphatic rings. The molecule has 0 amide bonds. The predicted octanol–water partition coefficient (Wildman–Crippen LogP) is 3.01. The van der Waals surface area contributed by atoms with Crippen LogP contribution in [0.2, 0.25) is 0 Å². The third-order valence-corrected chi connectivity index (χ3v) is 4.00. The molecular formula is C17H24N2. The van der Waals surface area contributed by atoms with Crippen LogP contribution < -0.4 is 5.73 Å². The van der Waals surface area contributed by atoms with Gasteiger partial charge in [0.1, 0.15) is 0 Å². The Morgan fingerprint density at radius 2 is 1.74 bits per heavy atom. The molecule has 102 valence electrons. The van der Waals surface area contributed by atoms with E-state index < -0.39 is 0 Å². The number of hydrogen-bond acceptors (Lipinski definition) is 2. The molecule has 2 aromatic carbocycles. The molecule has 2 heteroatoms. The Bertz CT molecular complexity index is 542. The van der Waals surface area contributed by atoms with Crippen LogP contribution in [0.3, 0.4) is 0 Å². The molecule has 2 nitrogen and oxygen atoms in total. The Labute approximate surface area is 116 Å². The number of nitrogens with zero attached hydrogens (tertiary/aromatic N) is 1. The third kappa shape index (κ3) is 2.96. The van der Waals surface area contributed by atoms with Crippen molar-refractivity contribution in [3.8, 4) is 0 Å². The lowest BCUT2D eigenvalue weighted by molar-refractivity contribution is 0.333. The minimum atomic E-state index is 0.0329. The summed E-state index contributed by atoms with van der Waals surface area (Å²) in [7, 11) is 4.22. The van der Waals surface area contributed by atoms with Crippen molar-refractivity contribution >= 4 is 10.8 Å². The maximum Gasteiger partial charge on any atom is 0.00655 e. The first-order valence-electron chi connectivity index (χ1n) is 6.90. The van der Waals surface area contributed by atoms with Crippen molar-refractivity contribution in [3.63, 3.8) is 0 Å². The fraction of sp³-hybridized carbons (Fsp3) is 0.412. The second-order valence-corrected chi connectivity index (χ2v) is 5.84. The SMILES string of the molecule is CN(C)CC[C@@](C)(CN)c1cccc2ccccc12. The average Bonchev–Trinajstić information content (AvgIpc) is 2.44.